The molecule has 1 N–H and O–H groups in total. The van der Waals surface area contributed by atoms with Crippen LogP contribution in [0.25, 0.3) is 0 Å². The number of rotatable bonds is 4. The first-order chi connectivity index (χ1) is 12.0. The predicted octanol–water partition coefficient (Wildman–Crippen LogP) is 2.16. The number of benzene rings is 1. The van der Waals surface area contributed by atoms with Gasteiger partial charge in [0.05, 0.1) is 18.1 Å². The van der Waals surface area contributed by atoms with Crippen molar-refractivity contribution in [1.82, 2.24) is 9.62 Å². The van der Waals surface area contributed by atoms with Crippen molar-refractivity contribution in [2.24, 2.45) is 0 Å². The van der Waals surface area contributed by atoms with Gasteiger partial charge in [-0.1, -0.05) is 19.3 Å². The fourth-order valence-electron chi connectivity index (χ4n) is 3.50. The van der Waals surface area contributed by atoms with E-state index in [0.29, 0.717) is 25.3 Å². The van der Waals surface area contributed by atoms with Crippen molar-refractivity contribution in [3.05, 3.63) is 29.8 Å². The third kappa shape index (κ3) is 4.22. The summed E-state index contributed by atoms with van der Waals surface area (Å²) < 4.78 is 32.3. The van der Waals surface area contributed by atoms with Crippen LogP contribution in [-0.4, -0.2) is 50.5 Å². The zero-order valence-corrected chi connectivity index (χ0v) is 15.4. The summed E-state index contributed by atoms with van der Waals surface area (Å²) in [5.41, 5.74) is 0.500. The lowest BCUT2D eigenvalue weighted by atomic mass is 9.95. The number of amides is 1. The van der Waals surface area contributed by atoms with Gasteiger partial charge < -0.3 is 10.1 Å². The van der Waals surface area contributed by atoms with Crippen LogP contribution in [0.1, 0.15) is 49.4 Å². The van der Waals surface area contributed by atoms with Crippen molar-refractivity contribution in [1.29, 1.82) is 0 Å². The molecule has 1 aliphatic carbocycles. The first-order valence-electron chi connectivity index (χ1n) is 8.99. The number of ether oxygens (including phenoxy) is 1. The van der Waals surface area contributed by atoms with Crippen molar-refractivity contribution >= 4 is 15.9 Å². The summed E-state index contributed by atoms with van der Waals surface area (Å²) in [7, 11) is -3.56. The molecule has 0 spiro atoms. The van der Waals surface area contributed by atoms with Crippen LogP contribution >= 0.6 is 0 Å². The van der Waals surface area contributed by atoms with Crippen LogP contribution in [0, 0.1) is 0 Å². The number of carbonyl (C=O) groups excluding carboxylic acids is 1. The Morgan fingerprint density at radius 3 is 2.48 bits per heavy atom. The summed E-state index contributed by atoms with van der Waals surface area (Å²) >= 11 is 0. The van der Waals surface area contributed by atoms with Gasteiger partial charge in [-0.05, 0) is 44.0 Å². The van der Waals surface area contributed by atoms with Crippen LogP contribution in [0.4, 0.5) is 0 Å². The number of hydrogen-bond acceptors (Lipinski definition) is 4. The fourth-order valence-corrected chi connectivity index (χ4v) is 5.10. The van der Waals surface area contributed by atoms with E-state index in [1.807, 2.05) is 6.92 Å². The number of nitrogens with zero attached hydrogens (tertiary/aromatic N) is 1. The Hall–Kier alpha value is -1.44. The fraction of sp³-hybridized carbons (Fsp3) is 0.611. The van der Waals surface area contributed by atoms with Crippen molar-refractivity contribution in [2.75, 3.05) is 19.8 Å². The number of morpholine rings is 1. The molecule has 1 unspecified atom stereocenters. The number of sulfonamides is 1. The van der Waals surface area contributed by atoms with E-state index in [9.17, 15) is 13.2 Å². The van der Waals surface area contributed by atoms with Crippen molar-refractivity contribution in [3.63, 3.8) is 0 Å². The Morgan fingerprint density at radius 1 is 1.16 bits per heavy atom. The second-order valence-corrected chi connectivity index (χ2v) is 8.76. The van der Waals surface area contributed by atoms with Gasteiger partial charge in [-0.15, -0.1) is 0 Å². The van der Waals surface area contributed by atoms with E-state index < -0.39 is 10.0 Å². The van der Waals surface area contributed by atoms with Gasteiger partial charge in [-0.25, -0.2) is 8.42 Å². The smallest absolute Gasteiger partial charge is 0.251 e. The monoisotopic (exact) mass is 366 g/mol. The van der Waals surface area contributed by atoms with Gasteiger partial charge in [0.1, 0.15) is 0 Å². The summed E-state index contributed by atoms with van der Waals surface area (Å²) in [5, 5.41) is 3.05. The third-order valence-electron chi connectivity index (χ3n) is 4.97. The highest BCUT2D eigenvalue weighted by atomic mass is 32.2. The molecule has 1 saturated carbocycles. The number of carbonyl (C=O) groups is 1. The molecular formula is C18H26N2O4S. The maximum atomic E-state index is 12.8. The SMILES string of the molecule is CC1COCCN1S(=O)(=O)c1ccc(C(=O)NC2CCCCC2)cc1. The molecular weight excluding hydrogens is 340 g/mol. The van der Waals surface area contributed by atoms with Crippen molar-refractivity contribution in [3.8, 4) is 0 Å². The van der Waals surface area contributed by atoms with E-state index >= 15 is 0 Å². The summed E-state index contributed by atoms with van der Waals surface area (Å²) in [5.74, 6) is -0.129. The minimum atomic E-state index is -3.56. The van der Waals surface area contributed by atoms with Crippen LogP contribution in [0.5, 0.6) is 0 Å². The second kappa shape index (κ2) is 7.85. The number of hydrogen-bond donors (Lipinski definition) is 1. The van der Waals surface area contributed by atoms with Crippen LogP contribution < -0.4 is 5.32 Å². The Labute approximate surface area is 149 Å². The lowest BCUT2D eigenvalue weighted by Gasteiger charge is -2.32. The average molecular weight is 366 g/mol. The molecule has 1 aromatic rings. The molecule has 7 heteroatoms. The summed E-state index contributed by atoms with van der Waals surface area (Å²) in [6, 6.07) is 6.28. The first kappa shape index (κ1) is 18.4. The topological polar surface area (TPSA) is 75.7 Å². The van der Waals surface area contributed by atoms with E-state index in [2.05, 4.69) is 5.32 Å². The molecule has 3 rings (SSSR count). The first-order valence-corrected chi connectivity index (χ1v) is 10.4. The zero-order valence-electron chi connectivity index (χ0n) is 14.6. The van der Waals surface area contributed by atoms with Crippen LogP contribution in [0.2, 0.25) is 0 Å². The maximum Gasteiger partial charge on any atom is 0.251 e. The minimum Gasteiger partial charge on any atom is -0.378 e. The van der Waals surface area contributed by atoms with E-state index in [4.69, 9.17) is 4.74 Å². The van der Waals surface area contributed by atoms with Gasteiger partial charge in [0.2, 0.25) is 10.0 Å². The molecule has 0 radical (unpaired) electrons. The van der Waals surface area contributed by atoms with Crippen LogP contribution in [0.3, 0.4) is 0 Å². The highest BCUT2D eigenvalue weighted by Gasteiger charge is 2.31. The zero-order chi connectivity index (χ0) is 17.9. The molecule has 2 aliphatic rings. The van der Waals surface area contributed by atoms with Crippen molar-refractivity contribution < 1.29 is 17.9 Å². The standard InChI is InChI=1S/C18H26N2O4S/c1-14-13-24-12-11-20(14)25(22,23)17-9-7-15(8-10-17)18(21)19-16-5-3-2-4-6-16/h7-10,14,16H,2-6,11-13H2,1H3,(H,19,21). The molecule has 1 saturated heterocycles. The minimum absolute atomic E-state index is 0.129. The Kier molecular flexibility index (Phi) is 5.76. The van der Waals surface area contributed by atoms with Crippen molar-refractivity contribution in [2.45, 2.75) is 56.0 Å². The van der Waals surface area contributed by atoms with Gasteiger partial charge in [-0.3, -0.25) is 4.79 Å². The quantitative estimate of drug-likeness (QED) is 0.886. The molecule has 25 heavy (non-hydrogen) atoms. The molecule has 1 heterocycles. The second-order valence-electron chi connectivity index (χ2n) is 6.87. The van der Waals surface area contributed by atoms with Gasteiger partial charge in [0.15, 0.2) is 0 Å². The molecule has 138 valence electrons. The van der Waals surface area contributed by atoms with E-state index in [1.165, 1.54) is 22.9 Å². The maximum absolute atomic E-state index is 12.8. The van der Waals surface area contributed by atoms with Gasteiger partial charge in [0, 0.05) is 24.2 Å². The highest BCUT2D eigenvalue weighted by Crippen LogP contribution is 2.21. The predicted molar refractivity (Wildman–Crippen MR) is 95.0 cm³/mol. The Balaban J connectivity index is 1.69. The summed E-state index contributed by atoms with van der Waals surface area (Å²) in [4.78, 5) is 12.6. The average Bonchev–Trinajstić information content (AvgIpc) is 2.63. The van der Waals surface area contributed by atoms with Gasteiger partial charge >= 0.3 is 0 Å². The highest BCUT2D eigenvalue weighted by molar-refractivity contribution is 7.89. The molecule has 0 bridgehead atoms. The third-order valence-corrected chi connectivity index (χ3v) is 7.00. The summed E-state index contributed by atoms with van der Waals surface area (Å²) in [6.07, 6.45) is 5.58. The Bertz CT molecular complexity index is 696. The van der Waals surface area contributed by atoms with Gasteiger partial charge in [0.25, 0.3) is 5.91 Å². The normalized spacial score (nSPS) is 23.3. The molecule has 6 nitrogen and oxygen atoms in total. The van der Waals surface area contributed by atoms with Crippen LogP contribution in [-0.2, 0) is 14.8 Å². The molecule has 1 atom stereocenters. The van der Waals surface area contributed by atoms with E-state index in [-0.39, 0.29) is 22.9 Å². The lowest BCUT2D eigenvalue weighted by Crippen LogP contribution is -2.46. The van der Waals surface area contributed by atoms with E-state index in [1.54, 1.807) is 12.1 Å². The lowest BCUT2D eigenvalue weighted by molar-refractivity contribution is 0.0393. The molecule has 1 aliphatic heterocycles. The molecule has 0 aromatic heterocycles. The largest absolute Gasteiger partial charge is 0.378 e. The molecule has 1 aromatic carbocycles. The summed E-state index contributed by atoms with van der Waals surface area (Å²) in [6.45, 7) is 3.00. The molecule has 1 amide bonds. The van der Waals surface area contributed by atoms with E-state index in [0.717, 1.165) is 25.7 Å². The van der Waals surface area contributed by atoms with Crippen LogP contribution in [0.15, 0.2) is 29.2 Å². The van der Waals surface area contributed by atoms with Gasteiger partial charge in [-0.2, -0.15) is 4.31 Å². The Morgan fingerprint density at radius 2 is 1.84 bits per heavy atom. The number of nitrogens with one attached hydrogen (secondary N) is 1. The molecule has 2 fully saturated rings.